The summed E-state index contributed by atoms with van der Waals surface area (Å²) in [5.41, 5.74) is -1.28. The van der Waals surface area contributed by atoms with Gasteiger partial charge in [-0.1, -0.05) is 6.92 Å². The fourth-order valence-electron chi connectivity index (χ4n) is 10.5. The van der Waals surface area contributed by atoms with Crippen LogP contribution in [0.2, 0.25) is 0 Å². The van der Waals surface area contributed by atoms with Crippen molar-refractivity contribution in [1.82, 2.24) is 0 Å². The number of carbonyl (C=O) groups is 3. The Morgan fingerprint density at radius 2 is 1.70 bits per heavy atom. The van der Waals surface area contributed by atoms with E-state index in [1.54, 1.807) is 13.2 Å². The van der Waals surface area contributed by atoms with Crippen LogP contribution in [0.4, 0.5) is 0 Å². The van der Waals surface area contributed by atoms with E-state index >= 15 is 0 Å². The lowest BCUT2D eigenvalue weighted by molar-refractivity contribution is -0.316. The second kappa shape index (κ2) is 12.5. The smallest absolute Gasteiger partial charge is 0.335 e. The molecule has 6 rings (SSSR count). The summed E-state index contributed by atoms with van der Waals surface area (Å²) in [6.07, 6.45) is 5.09. The number of ether oxygens (including phenoxy) is 5. The molecule has 0 unspecified atom stereocenters. The lowest BCUT2D eigenvalue weighted by Crippen LogP contribution is -2.63. The fourth-order valence-corrected chi connectivity index (χ4v) is 10.5. The number of aldehydes is 1. The first-order chi connectivity index (χ1) is 21.9. The minimum atomic E-state index is -0.949. The van der Waals surface area contributed by atoms with Crippen LogP contribution in [0.1, 0.15) is 97.0 Å². The summed E-state index contributed by atoms with van der Waals surface area (Å²) in [5, 5.41) is 12.5. The number of methoxy groups -OCH3 is 1. The third kappa shape index (κ3) is 5.35. The van der Waals surface area contributed by atoms with Crippen LogP contribution in [-0.4, -0.2) is 72.9 Å². The Balaban J connectivity index is 1.19. The zero-order valence-corrected chi connectivity index (χ0v) is 27.5. The van der Waals surface area contributed by atoms with E-state index in [9.17, 15) is 24.3 Å². The number of esters is 2. The van der Waals surface area contributed by atoms with Gasteiger partial charge in [-0.15, -0.1) is 0 Å². The highest BCUT2D eigenvalue weighted by Crippen LogP contribution is 2.70. The molecule has 1 N–H and O–H groups in total. The highest BCUT2D eigenvalue weighted by Gasteiger charge is 2.68. The van der Waals surface area contributed by atoms with Crippen molar-refractivity contribution in [3.05, 3.63) is 34.4 Å². The van der Waals surface area contributed by atoms with E-state index in [1.165, 1.54) is 33.3 Å². The van der Waals surface area contributed by atoms with Gasteiger partial charge in [0.1, 0.15) is 12.4 Å². The molecule has 0 bridgehead atoms. The topological polar surface area (TPSA) is 148 Å². The van der Waals surface area contributed by atoms with Crippen LogP contribution in [0, 0.1) is 28.6 Å². The van der Waals surface area contributed by atoms with E-state index in [4.69, 9.17) is 28.1 Å². The molecule has 1 saturated heterocycles. The first-order valence-corrected chi connectivity index (χ1v) is 16.8. The van der Waals surface area contributed by atoms with Crippen molar-refractivity contribution in [1.29, 1.82) is 0 Å². The molecule has 0 spiro atoms. The van der Waals surface area contributed by atoms with E-state index in [2.05, 4.69) is 6.92 Å². The van der Waals surface area contributed by atoms with Gasteiger partial charge in [-0.2, -0.15) is 0 Å². The molecule has 4 saturated carbocycles. The van der Waals surface area contributed by atoms with Crippen molar-refractivity contribution in [3.8, 4) is 0 Å². The van der Waals surface area contributed by atoms with Crippen molar-refractivity contribution in [2.45, 2.75) is 134 Å². The molecule has 254 valence electrons. The second-order valence-electron chi connectivity index (χ2n) is 14.7. The van der Waals surface area contributed by atoms with Crippen LogP contribution < -0.4 is 5.63 Å². The Labute approximate surface area is 269 Å². The lowest BCUT2D eigenvalue weighted by atomic mass is 9.43. The second-order valence-corrected chi connectivity index (χ2v) is 14.7. The van der Waals surface area contributed by atoms with E-state index < -0.39 is 53.7 Å². The van der Waals surface area contributed by atoms with Crippen molar-refractivity contribution in [2.75, 3.05) is 7.11 Å². The summed E-state index contributed by atoms with van der Waals surface area (Å²) in [4.78, 5) is 48.7. The third-order valence-corrected chi connectivity index (χ3v) is 12.6. The third-order valence-electron chi connectivity index (χ3n) is 12.6. The Hall–Kier alpha value is -2.60. The minimum absolute atomic E-state index is 0.00225. The first kappa shape index (κ1) is 33.3. The van der Waals surface area contributed by atoms with Gasteiger partial charge in [-0.05, 0) is 100 Å². The highest BCUT2D eigenvalue weighted by molar-refractivity contribution is 5.67. The first-order valence-electron chi connectivity index (χ1n) is 16.8. The van der Waals surface area contributed by atoms with Gasteiger partial charge in [0.2, 0.25) is 0 Å². The average molecular weight is 645 g/mol. The van der Waals surface area contributed by atoms with Crippen LogP contribution >= 0.6 is 0 Å². The van der Waals surface area contributed by atoms with Crippen molar-refractivity contribution >= 4 is 18.2 Å². The maximum atomic E-state index is 13.2. The summed E-state index contributed by atoms with van der Waals surface area (Å²) < 4.78 is 34.7. The number of fused-ring (bicyclic) bond motifs is 5. The fraction of sp³-hybridized carbons (Fsp3) is 0.771. The molecule has 1 aromatic rings. The van der Waals surface area contributed by atoms with Crippen LogP contribution in [0.3, 0.4) is 0 Å². The lowest BCUT2D eigenvalue weighted by Gasteiger charge is -2.63. The number of hydrogen-bond acceptors (Lipinski definition) is 11. The maximum Gasteiger partial charge on any atom is 0.335 e. The molecule has 11 nitrogen and oxygen atoms in total. The Morgan fingerprint density at radius 1 is 0.957 bits per heavy atom. The molecule has 1 aromatic heterocycles. The molecular weight excluding hydrogens is 596 g/mol. The molecule has 4 aliphatic carbocycles. The summed E-state index contributed by atoms with van der Waals surface area (Å²) in [6, 6.07) is 3.29. The highest BCUT2D eigenvalue weighted by atomic mass is 16.7. The van der Waals surface area contributed by atoms with Gasteiger partial charge in [-0.3, -0.25) is 9.59 Å². The Morgan fingerprint density at radius 3 is 2.35 bits per heavy atom. The standard InChI is InChI=1S/C35H48O11/c1-19-29(44-20(2)37)30(41-5)31(45-21(3)38)32(43-19)46-24-10-14-34(18-36)23(16-24)7-8-27-26(34)11-13-33(4)25(12-15-35(27,33)40)22-6-9-28(39)42-17-22/h6,9,17-19,23-27,29-32,40H,7-8,10-16H2,1-5H3/t19-,23+,24-,25+,26+,27-,29-,30+,31+,32+,33-,34-,35-/m1/s1. The van der Waals surface area contributed by atoms with E-state index in [0.717, 1.165) is 37.7 Å². The molecule has 0 radical (unpaired) electrons. The predicted octanol–water partition coefficient (Wildman–Crippen LogP) is 4.07. The molecule has 1 aliphatic heterocycles. The van der Waals surface area contributed by atoms with Gasteiger partial charge >= 0.3 is 17.6 Å². The summed E-state index contributed by atoms with van der Waals surface area (Å²) in [5.74, 6) is -0.795. The number of aliphatic hydroxyl groups is 1. The maximum absolute atomic E-state index is 13.2. The summed E-state index contributed by atoms with van der Waals surface area (Å²) in [6.45, 7) is 6.55. The molecule has 0 aromatic carbocycles. The van der Waals surface area contributed by atoms with E-state index in [-0.39, 0.29) is 40.8 Å². The molecule has 13 atom stereocenters. The van der Waals surface area contributed by atoms with Gasteiger partial charge < -0.3 is 38.0 Å². The van der Waals surface area contributed by atoms with Gasteiger partial charge in [0.25, 0.3) is 0 Å². The van der Waals surface area contributed by atoms with Crippen molar-refractivity contribution in [2.24, 2.45) is 28.6 Å². The molecule has 11 heteroatoms. The number of rotatable bonds is 7. The van der Waals surface area contributed by atoms with Gasteiger partial charge in [-0.25, -0.2) is 4.79 Å². The minimum Gasteiger partial charge on any atom is -0.457 e. The SMILES string of the molecule is CO[C@@H]1[C@H](OC(C)=O)[C@H](O[C@@H]2CC[C@@]3(C=O)[C@@H](CC[C@@H]4[C@@H]3CC[C@]3(C)[C@H](c5ccc(=O)oc5)CC[C@@]43O)C2)O[C@H](C)[C@H]1OC(C)=O. The van der Waals surface area contributed by atoms with Gasteiger partial charge in [0.15, 0.2) is 18.5 Å². The summed E-state index contributed by atoms with van der Waals surface area (Å²) >= 11 is 0. The summed E-state index contributed by atoms with van der Waals surface area (Å²) in [7, 11) is 1.47. The molecule has 0 amide bonds. The normalized spacial score (nSPS) is 45.1. The molecule has 5 aliphatic rings. The van der Waals surface area contributed by atoms with Crippen LogP contribution in [0.5, 0.6) is 0 Å². The average Bonchev–Trinajstić information content (AvgIpc) is 3.30. The molecular formula is C35H48O11. The van der Waals surface area contributed by atoms with Crippen LogP contribution in [0.25, 0.3) is 0 Å². The van der Waals surface area contributed by atoms with Crippen molar-refractivity contribution < 1.29 is 47.6 Å². The quantitative estimate of drug-likeness (QED) is 0.260. The number of carbonyl (C=O) groups excluding carboxylic acids is 3. The number of hydrogen-bond donors (Lipinski definition) is 1. The monoisotopic (exact) mass is 644 g/mol. The van der Waals surface area contributed by atoms with Gasteiger partial charge in [0.05, 0.1) is 24.1 Å². The predicted molar refractivity (Wildman–Crippen MR) is 162 cm³/mol. The molecule has 5 fully saturated rings. The van der Waals surface area contributed by atoms with Crippen molar-refractivity contribution in [3.63, 3.8) is 0 Å². The van der Waals surface area contributed by atoms with E-state index in [0.29, 0.717) is 25.7 Å². The van der Waals surface area contributed by atoms with Gasteiger partial charge in [0, 0.05) is 37.9 Å². The zero-order valence-electron chi connectivity index (χ0n) is 27.5. The zero-order chi connectivity index (χ0) is 33.0. The Bertz CT molecular complexity index is 1360. The van der Waals surface area contributed by atoms with E-state index in [1.807, 2.05) is 6.07 Å². The van der Waals surface area contributed by atoms with Crippen LogP contribution in [0.15, 0.2) is 27.6 Å². The largest absolute Gasteiger partial charge is 0.457 e. The van der Waals surface area contributed by atoms with Crippen LogP contribution in [-0.2, 0) is 38.1 Å². The Kier molecular flexibility index (Phi) is 9.01. The molecule has 46 heavy (non-hydrogen) atoms. The molecule has 2 heterocycles.